The van der Waals surface area contributed by atoms with Gasteiger partial charge in [0, 0.05) is 24.5 Å². The topological polar surface area (TPSA) is 12.5 Å². The van der Waals surface area contributed by atoms with Gasteiger partial charge in [-0.2, -0.15) is 0 Å². The van der Waals surface area contributed by atoms with E-state index in [0.29, 0.717) is 0 Å². The zero-order valence-corrected chi connectivity index (χ0v) is 12.2. The third-order valence-corrected chi connectivity index (χ3v) is 4.16. The van der Waals surface area contributed by atoms with Gasteiger partial charge in [0.1, 0.15) is 5.75 Å². The summed E-state index contributed by atoms with van der Waals surface area (Å²) in [6, 6.07) is 15.0. The van der Waals surface area contributed by atoms with Crippen LogP contribution >= 0.6 is 0 Å². The highest BCUT2D eigenvalue weighted by Gasteiger charge is 2.12. The lowest BCUT2D eigenvalue weighted by atomic mass is 9.91. The van der Waals surface area contributed by atoms with Crippen LogP contribution in [0.4, 0.5) is 11.4 Å². The Morgan fingerprint density at radius 1 is 0.900 bits per heavy atom. The highest BCUT2D eigenvalue weighted by molar-refractivity contribution is 5.65. The summed E-state index contributed by atoms with van der Waals surface area (Å²) < 4.78 is 5.30. The van der Waals surface area contributed by atoms with Gasteiger partial charge >= 0.3 is 0 Å². The number of nitrogens with zero attached hydrogens (tertiary/aromatic N) is 1. The molecular formula is C18H21NO. The Balaban J connectivity index is 1.91. The van der Waals surface area contributed by atoms with Crippen molar-refractivity contribution in [2.75, 3.05) is 19.1 Å². The largest absolute Gasteiger partial charge is 0.497 e. The molecule has 2 nitrogen and oxygen atoms in total. The summed E-state index contributed by atoms with van der Waals surface area (Å²) in [4.78, 5) is 2.22. The van der Waals surface area contributed by atoms with E-state index >= 15 is 0 Å². The third-order valence-electron chi connectivity index (χ3n) is 4.16. The first-order valence-corrected chi connectivity index (χ1v) is 7.27. The van der Waals surface area contributed by atoms with Crippen molar-refractivity contribution in [3.63, 3.8) is 0 Å². The number of hydrogen-bond donors (Lipinski definition) is 0. The second-order valence-electron chi connectivity index (χ2n) is 5.42. The Hall–Kier alpha value is -1.96. The van der Waals surface area contributed by atoms with Gasteiger partial charge in [0.2, 0.25) is 0 Å². The molecule has 0 saturated carbocycles. The van der Waals surface area contributed by atoms with Crippen LogP contribution in [0.15, 0.2) is 42.5 Å². The SMILES string of the molecule is COc1cccc(N(C)c2ccc3c(c2)CCCC3)c1. The van der Waals surface area contributed by atoms with Crippen LogP contribution in [0.5, 0.6) is 5.75 Å². The fraction of sp³-hybridized carbons (Fsp3) is 0.333. The molecule has 0 bridgehead atoms. The summed E-state index contributed by atoms with van der Waals surface area (Å²) >= 11 is 0. The van der Waals surface area contributed by atoms with Crippen molar-refractivity contribution >= 4 is 11.4 Å². The molecule has 0 amide bonds. The first-order valence-electron chi connectivity index (χ1n) is 7.27. The molecule has 0 unspecified atom stereocenters. The van der Waals surface area contributed by atoms with Crippen LogP contribution in [0, 0.1) is 0 Å². The van der Waals surface area contributed by atoms with Crippen molar-refractivity contribution in [1.82, 2.24) is 0 Å². The number of hydrogen-bond acceptors (Lipinski definition) is 2. The molecule has 0 saturated heterocycles. The summed E-state index contributed by atoms with van der Waals surface area (Å²) in [5.74, 6) is 0.896. The molecule has 0 fully saturated rings. The minimum Gasteiger partial charge on any atom is -0.497 e. The van der Waals surface area contributed by atoms with E-state index in [1.54, 1.807) is 7.11 Å². The molecular weight excluding hydrogens is 246 g/mol. The van der Waals surface area contributed by atoms with Gasteiger partial charge in [0.15, 0.2) is 0 Å². The molecule has 0 aliphatic heterocycles. The Morgan fingerprint density at radius 2 is 1.65 bits per heavy atom. The van der Waals surface area contributed by atoms with Gasteiger partial charge in [0.05, 0.1) is 7.11 Å². The monoisotopic (exact) mass is 267 g/mol. The predicted octanol–water partition coefficient (Wildman–Crippen LogP) is 4.34. The molecule has 0 spiro atoms. The lowest BCUT2D eigenvalue weighted by molar-refractivity contribution is 0.415. The van der Waals surface area contributed by atoms with Gasteiger partial charge in [0.25, 0.3) is 0 Å². The number of fused-ring (bicyclic) bond motifs is 1. The zero-order chi connectivity index (χ0) is 13.9. The van der Waals surface area contributed by atoms with E-state index in [0.717, 1.165) is 11.4 Å². The van der Waals surface area contributed by atoms with Crippen LogP contribution < -0.4 is 9.64 Å². The van der Waals surface area contributed by atoms with E-state index in [4.69, 9.17) is 4.74 Å². The van der Waals surface area contributed by atoms with E-state index in [1.807, 2.05) is 12.1 Å². The second-order valence-corrected chi connectivity index (χ2v) is 5.42. The molecule has 2 aromatic rings. The molecule has 104 valence electrons. The molecule has 2 heteroatoms. The van der Waals surface area contributed by atoms with Crippen molar-refractivity contribution in [2.45, 2.75) is 25.7 Å². The van der Waals surface area contributed by atoms with E-state index in [2.05, 4.69) is 42.3 Å². The lowest BCUT2D eigenvalue weighted by Crippen LogP contribution is -2.11. The van der Waals surface area contributed by atoms with Crippen molar-refractivity contribution in [3.8, 4) is 5.75 Å². The van der Waals surface area contributed by atoms with Gasteiger partial charge in [-0.25, -0.2) is 0 Å². The normalized spacial score (nSPS) is 13.7. The molecule has 3 rings (SSSR count). The second kappa shape index (κ2) is 5.58. The van der Waals surface area contributed by atoms with Gasteiger partial charge in [-0.05, 0) is 61.1 Å². The van der Waals surface area contributed by atoms with Gasteiger partial charge in [-0.15, -0.1) is 0 Å². The van der Waals surface area contributed by atoms with Crippen LogP contribution in [-0.4, -0.2) is 14.2 Å². The molecule has 0 aromatic heterocycles. The van der Waals surface area contributed by atoms with Crippen molar-refractivity contribution in [1.29, 1.82) is 0 Å². The fourth-order valence-electron chi connectivity index (χ4n) is 2.90. The maximum absolute atomic E-state index is 5.30. The number of ether oxygens (including phenoxy) is 1. The maximum atomic E-state index is 5.30. The molecule has 1 aliphatic carbocycles. The predicted molar refractivity (Wildman–Crippen MR) is 84.1 cm³/mol. The highest BCUT2D eigenvalue weighted by atomic mass is 16.5. The molecule has 2 aromatic carbocycles. The lowest BCUT2D eigenvalue weighted by Gasteiger charge is -2.23. The van der Waals surface area contributed by atoms with Gasteiger partial charge in [-0.3, -0.25) is 0 Å². The van der Waals surface area contributed by atoms with Crippen LogP contribution in [0.3, 0.4) is 0 Å². The number of benzene rings is 2. The Bertz CT molecular complexity index is 606. The first kappa shape index (κ1) is 13.0. The van der Waals surface area contributed by atoms with Crippen molar-refractivity contribution < 1.29 is 4.74 Å². The van der Waals surface area contributed by atoms with E-state index in [-0.39, 0.29) is 0 Å². The molecule has 0 heterocycles. The van der Waals surface area contributed by atoms with Crippen molar-refractivity contribution in [3.05, 3.63) is 53.6 Å². The Labute approximate surface area is 121 Å². The van der Waals surface area contributed by atoms with Crippen LogP contribution in [0.1, 0.15) is 24.0 Å². The average Bonchev–Trinajstić information content (AvgIpc) is 2.53. The smallest absolute Gasteiger partial charge is 0.120 e. The zero-order valence-electron chi connectivity index (χ0n) is 12.2. The molecule has 20 heavy (non-hydrogen) atoms. The van der Waals surface area contributed by atoms with Crippen LogP contribution in [0.25, 0.3) is 0 Å². The average molecular weight is 267 g/mol. The molecule has 0 atom stereocenters. The number of anilines is 2. The van der Waals surface area contributed by atoms with Gasteiger partial charge < -0.3 is 9.64 Å². The van der Waals surface area contributed by atoms with E-state index in [9.17, 15) is 0 Å². The number of methoxy groups -OCH3 is 1. The van der Waals surface area contributed by atoms with Crippen molar-refractivity contribution in [2.24, 2.45) is 0 Å². The minimum absolute atomic E-state index is 0.896. The van der Waals surface area contributed by atoms with Crippen LogP contribution in [-0.2, 0) is 12.8 Å². The number of rotatable bonds is 3. The first-order chi connectivity index (χ1) is 9.78. The number of aryl methyl sites for hydroxylation is 2. The summed E-state index contributed by atoms with van der Waals surface area (Å²) in [6.45, 7) is 0. The summed E-state index contributed by atoms with van der Waals surface area (Å²) in [7, 11) is 3.82. The maximum Gasteiger partial charge on any atom is 0.120 e. The summed E-state index contributed by atoms with van der Waals surface area (Å²) in [5, 5.41) is 0. The fourth-order valence-corrected chi connectivity index (χ4v) is 2.90. The van der Waals surface area contributed by atoms with Gasteiger partial charge in [-0.1, -0.05) is 12.1 Å². The van der Waals surface area contributed by atoms with E-state index in [1.165, 1.54) is 42.5 Å². The Kier molecular flexibility index (Phi) is 3.64. The molecule has 0 radical (unpaired) electrons. The third kappa shape index (κ3) is 2.51. The molecule has 1 aliphatic rings. The van der Waals surface area contributed by atoms with Crippen LogP contribution in [0.2, 0.25) is 0 Å². The Morgan fingerprint density at radius 3 is 2.45 bits per heavy atom. The quantitative estimate of drug-likeness (QED) is 0.820. The highest BCUT2D eigenvalue weighted by Crippen LogP contribution is 2.30. The summed E-state index contributed by atoms with van der Waals surface area (Å²) in [6.07, 6.45) is 5.10. The minimum atomic E-state index is 0.896. The standard InChI is InChI=1S/C18H21NO/c1-19(16-8-5-9-18(13-16)20-2)17-11-10-14-6-3-4-7-15(14)12-17/h5,8-13H,3-4,6-7H2,1-2H3. The molecule has 0 N–H and O–H groups in total. The van der Waals surface area contributed by atoms with E-state index < -0.39 is 0 Å². The summed E-state index contributed by atoms with van der Waals surface area (Å²) in [5.41, 5.74) is 5.45.